The highest BCUT2D eigenvalue weighted by Crippen LogP contribution is 2.34. The predicted octanol–water partition coefficient (Wildman–Crippen LogP) is 6.49. The van der Waals surface area contributed by atoms with Gasteiger partial charge in [0.1, 0.15) is 0 Å². The zero-order valence-corrected chi connectivity index (χ0v) is 15.7. The summed E-state index contributed by atoms with van der Waals surface area (Å²) in [7, 11) is 0. The molecule has 2 rings (SSSR count). The monoisotopic (exact) mass is 346 g/mol. The maximum absolute atomic E-state index is 8.83. The van der Waals surface area contributed by atoms with Crippen LogP contribution in [0.15, 0.2) is 48.6 Å². The average Bonchev–Trinajstić information content (AvgIpc) is 2.69. The maximum Gasteiger partial charge on any atom is 0.0991 e. The van der Waals surface area contributed by atoms with Gasteiger partial charge < -0.3 is 0 Å². The minimum Gasteiger partial charge on any atom is -0.193 e. The third-order valence-corrected chi connectivity index (χ3v) is 5.54. The number of rotatable bonds is 9. The van der Waals surface area contributed by atoms with Crippen molar-refractivity contribution in [3.8, 4) is 12.1 Å². The van der Waals surface area contributed by atoms with Crippen molar-refractivity contribution < 1.29 is 0 Å². The van der Waals surface area contributed by atoms with E-state index in [1.54, 1.807) is 0 Å². The van der Waals surface area contributed by atoms with Crippen molar-refractivity contribution in [3.63, 3.8) is 0 Å². The summed E-state index contributed by atoms with van der Waals surface area (Å²) in [5.74, 6) is 1.83. The van der Waals surface area contributed by atoms with Gasteiger partial charge in [0.2, 0.25) is 0 Å². The lowest BCUT2D eigenvalue weighted by atomic mass is 9.78. The second-order valence-corrected chi connectivity index (χ2v) is 7.43. The molecule has 1 fully saturated rings. The lowest BCUT2D eigenvalue weighted by Gasteiger charge is -2.28. The topological polar surface area (TPSA) is 47.6 Å². The number of nitrogens with zero attached hydrogens (tertiary/aromatic N) is 2. The van der Waals surface area contributed by atoms with Gasteiger partial charge in [-0.2, -0.15) is 10.5 Å². The molecule has 26 heavy (non-hydrogen) atoms. The van der Waals surface area contributed by atoms with E-state index in [1.807, 2.05) is 30.4 Å². The normalized spacial score (nSPS) is 20.2. The fraction of sp³-hybridized carbons (Fsp3) is 0.500. The molecule has 2 nitrogen and oxygen atoms in total. The number of allylic oxidation sites excluding steroid dienone is 4. The van der Waals surface area contributed by atoms with E-state index in [2.05, 4.69) is 24.3 Å². The van der Waals surface area contributed by atoms with E-state index < -0.39 is 0 Å². The summed E-state index contributed by atoms with van der Waals surface area (Å²) in [6.45, 7) is 0. The molecule has 1 aromatic carbocycles. The molecule has 1 aliphatic carbocycles. The van der Waals surface area contributed by atoms with E-state index in [9.17, 15) is 0 Å². The summed E-state index contributed by atoms with van der Waals surface area (Å²) in [4.78, 5) is 0. The van der Waals surface area contributed by atoms with Crippen LogP contribution in [-0.4, -0.2) is 0 Å². The first-order valence-corrected chi connectivity index (χ1v) is 10.0. The number of hydrogen-bond acceptors (Lipinski definition) is 2. The van der Waals surface area contributed by atoms with Crippen LogP contribution in [-0.2, 0) is 6.42 Å². The summed E-state index contributed by atoms with van der Waals surface area (Å²) in [6, 6.07) is 12.2. The van der Waals surface area contributed by atoms with Crippen LogP contribution in [0.4, 0.5) is 0 Å². The SMILES string of the molecule is N#C/C=C/C=C/CCC1CCC(CCCCc2ccc(C#N)cc2)CC1. The Morgan fingerprint density at radius 2 is 1.58 bits per heavy atom. The number of aryl methyl sites for hydroxylation is 1. The summed E-state index contributed by atoms with van der Waals surface area (Å²) < 4.78 is 0. The smallest absolute Gasteiger partial charge is 0.0991 e. The Hall–Kier alpha value is -2.32. The molecule has 0 amide bonds. The zero-order chi connectivity index (χ0) is 18.5. The van der Waals surface area contributed by atoms with Gasteiger partial charge in [-0.3, -0.25) is 0 Å². The molecule has 0 aromatic heterocycles. The maximum atomic E-state index is 8.83. The van der Waals surface area contributed by atoms with Crippen molar-refractivity contribution in [2.75, 3.05) is 0 Å². The van der Waals surface area contributed by atoms with Gasteiger partial charge >= 0.3 is 0 Å². The highest BCUT2D eigenvalue weighted by molar-refractivity contribution is 5.31. The van der Waals surface area contributed by atoms with Gasteiger partial charge in [0, 0.05) is 6.08 Å². The van der Waals surface area contributed by atoms with Gasteiger partial charge in [-0.1, -0.05) is 68.9 Å². The van der Waals surface area contributed by atoms with Gasteiger partial charge in [0.05, 0.1) is 17.7 Å². The van der Waals surface area contributed by atoms with Crippen LogP contribution in [0.1, 0.15) is 68.9 Å². The predicted molar refractivity (Wildman–Crippen MR) is 107 cm³/mol. The molecular weight excluding hydrogens is 316 g/mol. The molecule has 1 aliphatic rings. The molecule has 0 heterocycles. The lowest BCUT2D eigenvalue weighted by Crippen LogP contribution is -2.14. The Morgan fingerprint density at radius 1 is 0.885 bits per heavy atom. The summed E-state index contributed by atoms with van der Waals surface area (Å²) in [6.07, 6.45) is 20.6. The van der Waals surface area contributed by atoms with Crippen molar-refractivity contribution in [3.05, 3.63) is 59.7 Å². The van der Waals surface area contributed by atoms with Gasteiger partial charge in [0.25, 0.3) is 0 Å². The highest BCUT2D eigenvalue weighted by atomic mass is 14.3. The molecule has 0 unspecified atom stereocenters. The molecule has 0 radical (unpaired) electrons. The van der Waals surface area contributed by atoms with Crippen molar-refractivity contribution in [2.24, 2.45) is 11.8 Å². The van der Waals surface area contributed by atoms with E-state index in [0.717, 1.165) is 30.2 Å². The fourth-order valence-electron chi connectivity index (χ4n) is 3.92. The first kappa shape index (κ1) is 20.0. The molecule has 1 saturated carbocycles. The molecule has 0 spiro atoms. The molecule has 0 aliphatic heterocycles. The molecule has 0 bridgehead atoms. The third-order valence-electron chi connectivity index (χ3n) is 5.54. The number of unbranched alkanes of at least 4 members (excludes halogenated alkanes) is 1. The van der Waals surface area contributed by atoms with Crippen LogP contribution < -0.4 is 0 Å². The molecule has 2 heteroatoms. The van der Waals surface area contributed by atoms with Crippen molar-refractivity contribution in [1.29, 1.82) is 10.5 Å². The van der Waals surface area contributed by atoms with E-state index in [4.69, 9.17) is 10.5 Å². The lowest BCUT2D eigenvalue weighted by molar-refractivity contribution is 0.250. The number of nitriles is 2. The van der Waals surface area contributed by atoms with E-state index >= 15 is 0 Å². The molecule has 0 N–H and O–H groups in total. The van der Waals surface area contributed by atoms with Gasteiger partial charge in [0.15, 0.2) is 0 Å². The molecular formula is C24H30N2. The third kappa shape index (κ3) is 7.71. The van der Waals surface area contributed by atoms with Gasteiger partial charge in [-0.25, -0.2) is 0 Å². The Morgan fingerprint density at radius 3 is 2.23 bits per heavy atom. The largest absolute Gasteiger partial charge is 0.193 e. The molecule has 0 atom stereocenters. The Balaban J connectivity index is 1.53. The van der Waals surface area contributed by atoms with Crippen LogP contribution in [0.3, 0.4) is 0 Å². The van der Waals surface area contributed by atoms with Crippen LogP contribution >= 0.6 is 0 Å². The van der Waals surface area contributed by atoms with Gasteiger partial charge in [-0.15, -0.1) is 0 Å². The van der Waals surface area contributed by atoms with Crippen LogP contribution in [0.5, 0.6) is 0 Å². The fourth-order valence-corrected chi connectivity index (χ4v) is 3.92. The Kier molecular flexibility index (Phi) is 9.31. The summed E-state index contributed by atoms with van der Waals surface area (Å²) in [5.41, 5.74) is 2.10. The number of hydrogen-bond donors (Lipinski definition) is 0. The number of benzene rings is 1. The highest BCUT2D eigenvalue weighted by Gasteiger charge is 2.20. The quantitative estimate of drug-likeness (QED) is 0.291. The second kappa shape index (κ2) is 12.1. The van der Waals surface area contributed by atoms with Crippen molar-refractivity contribution in [2.45, 2.75) is 64.2 Å². The van der Waals surface area contributed by atoms with Crippen LogP contribution in [0, 0.1) is 34.5 Å². The minimum absolute atomic E-state index is 0.750. The van der Waals surface area contributed by atoms with Crippen molar-refractivity contribution >= 4 is 0 Å². The molecule has 1 aromatic rings. The molecule has 136 valence electrons. The van der Waals surface area contributed by atoms with Crippen LogP contribution in [0.2, 0.25) is 0 Å². The van der Waals surface area contributed by atoms with Gasteiger partial charge in [-0.05, 0) is 55.2 Å². The van der Waals surface area contributed by atoms with Crippen LogP contribution in [0.25, 0.3) is 0 Å². The summed E-state index contributed by atoms with van der Waals surface area (Å²) in [5, 5.41) is 17.3. The van der Waals surface area contributed by atoms with E-state index in [1.165, 1.54) is 63.0 Å². The Labute approximate surface area is 158 Å². The summed E-state index contributed by atoms with van der Waals surface area (Å²) >= 11 is 0. The standard InChI is InChI=1S/C24H30N2/c25-19-7-3-1-2-4-8-21-11-13-22(14-12-21)9-5-6-10-23-15-17-24(20-26)18-16-23/h1-3,7,15-18,21-22H,4-6,8-14H2/b2-1+,7-3+. The van der Waals surface area contributed by atoms with Crippen molar-refractivity contribution in [1.82, 2.24) is 0 Å². The zero-order valence-electron chi connectivity index (χ0n) is 15.7. The second-order valence-electron chi connectivity index (χ2n) is 7.43. The molecule has 0 saturated heterocycles. The van der Waals surface area contributed by atoms with E-state index in [-0.39, 0.29) is 0 Å². The Bertz CT molecular complexity index is 647. The first-order valence-electron chi connectivity index (χ1n) is 10.0. The average molecular weight is 347 g/mol. The first-order chi connectivity index (χ1) is 12.8. The van der Waals surface area contributed by atoms with E-state index in [0.29, 0.717) is 0 Å². The minimum atomic E-state index is 0.750.